The standard InChI is InChI=1S/C18H25N5O2S2/c1-3-8-19-16(24)13-6-4-9-22(11-13)17(25)12(2)23-15(20-21-18(23)26)14-7-5-10-27-14/h5,7,10,12-13H,3-4,6,8-9,11H2,1-2H3,(H,19,24)(H,21,26). The number of carbonyl (C=O) groups is 2. The summed E-state index contributed by atoms with van der Waals surface area (Å²) < 4.78 is 2.19. The van der Waals surface area contributed by atoms with Gasteiger partial charge >= 0.3 is 0 Å². The van der Waals surface area contributed by atoms with Gasteiger partial charge in [-0.15, -0.1) is 11.3 Å². The maximum atomic E-state index is 13.1. The Labute approximate surface area is 167 Å². The second-order valence-electron chi connectivity index (χ2n) is 6.79. The van der Waals surface area contributed by atoms with Gasteiger partial charge in [0.05, 0.1) is 10.8 Å². The van der Waals surface area contributed by atoms with Crippen molar-refractivity contribution in [2.24, 2.45) is 5.92 Å². The van der Waals surface area contributed by atoms with Gasteiger partial charge in [-0.1, -0.05) is 13.0 Å². The van der Waals surface area contributed by atoms with Gasteiger partial charge in [-0.2, -0.15) is 5.10 Å². The lowest BCUT2D eigenvalue weighted by Gasteiger charge is -2.34. The number of H-pyrrole nitrogens is 1. The maximum absolute atomic E-state index is 13.1. The van der Waals surface area contributed by atoms with E-state index in [4.69, 9.17) is 12.2 Å². The highest BCUT2D eigenvalue weighted by Crippen LogP contribution is 2.27. The third-order valence-corrected chi connectivity index (χ3v) is 6.00. The van der Waals surface area contributed by atoms with Crippen molar-refractivity contribution in [2.75, 3.05) is 19.6 Å². The zero-order valence-electron chi connectivity index (χ0n) is 15.6. The molecule has 0 spiro atoms. The second-order valence-corrected chi connectivity index (χ2v) is 8.12. The molecule has 0 bridgehead atoms. The fourth-order valence-electron chi connectivity index (χ4n) is 3.40. The smallest absolute Gasteiger partial charge is 0.245 e. The van der Waals surface area contributed by atoms with E-state index in [1.54, 1.807) is 20.8 Å². The third kappa shape index (κ3) is 4.30. The number of aromatic amines is 1. The Bertz CT molecular complexity index is 842. The number of thiophene rings is 1. The van der Waals surface area contributed by atoms with Crippen LogP contribution < -0.4 is 5.32 Å². The quantitative estimate of drug-likeness (QED) is 0.721. The molecule has 0 saturated carbocycles. The van der Waals surface area contributed by atoms with E-state index < -0.39 is 6.04 Å². The molecule has 1 aliphatic rings. The molecule has 2 N–H and O–H groups in total. The third-order valence-electron chi connectivity index (χ3n) is 4.84. The van der Waals surface area contributed by atoms with Crippen LogP contribution in [0.1, 0.15) is 39.2 Å². The number of rotatable bonds is 6. The number of hydrogen-bond acceptors (Lipinski definition) is 5. The molecule has 0 aliphatic carbocycles. The summed E-state index contributed by atoms with van der Waals surface area (Å²) in [4.78, 5) is 28.2. The Morgan fingerprint density at radius 2 is 2.33 bits per heavy atom. The lowest BCUT2D eigenvalue weighted by molar-refractivity contribution is -0.138. The molecule has 2 aromatic rings. The zero-order chi connectivity index (χ0) is 19.4. The summed E-state index contributed by atoms with van der Waals surface area (Å²) in [6.07, 6.45) is 2.55. The zero-order valence-corrected chi connectivity index (χ0v) is 17.2. The van der Waals surface area contributed by atoms with Crippen LogP contribution in [0, 0.1) is 10.7 Å². The summed E-state index contributed by atoms with van der Waals surface area (Å²) in [5.41, 5.74) is 0. The number of nitrogens with one attached hydrogen (secondary N) is 2. The summed E-state index contributed by atoms with van der Waals surface area (Å²) in [7, 11) is 0. The first-order valence-electron chi connectivity index (χ1n) is 9.30. The molecule has 2 unspecified atom stereocenters. The average Bonchev–Trinajstić information content (AvgIpc) is 3.34. The van der Waals surface area contributed by atoms with Crippen molar-refractivity contribution < 1.29 is 9.59 Å². The van der Waals surface area contributed by atoms with Gasteiger partial charge in [0, 0.05) is 19.6 Å². The SMILES string of the molecule is CCCNC(=O)C1CCCN(C(=O)C(C)n2c(-c3cccs3)n[nH]c2=S)C1. The van der Waals surface area contributed by atoms with Crippen molar-refractivity contribution >= 4 is 35.4 Å². The van der Waals surface area contributed by atoms with Gasteiger partial charge in [0.15, 0.2) is 10.6 Å². The van der Waals surface area contributed by atoms with Crippen LogP contribution in [-0.4, -0.2) is 51.1 Å². The van der Waals surface area contributed by atoms with E-state index in [0.29, 0.717) is 30.2 Å². The molecule has 7 nitrogen and oxygen atoms in total. The Kier molecular flexibility index (Phi) is 6.43. The summed E-state index contributed by atoms with van der Waals surface area (Å²) in [5, 5.41) is 12.0. The number of piperidine rings is 1. The highest BCUT2D eigenvalue weighted by molar-refractivity contribution is 7.71. The van der Waals surface area contributed by atoms with Crippen LogP contribution in [-0.2, 0) is 9.59 Å². The van der Waals surface area contributed by atoms with Crippen molar-refractivity contribution in [2.45, 2.75) is 39.2 Å². The highest BCUT2D eigenvalue weighted by atomic mass is 32.1. The van der Waals surface area contributed by atoms with Crippen LogP contribution in [0.25, 0.3) is 10.7 Å². The molecule has 2 aromatic heterocycles. The van der Waals surface area contributed by atoms with Crippen LogP contribution in [0.5, 0.6) is 0 Å². The van der Waals surface area contributed by atoms with E-state index in [9.17, 15) is 9.59 Å². The van der Waals surface area contributed by atoms with Crippen LogP contribution in [0.2, 0.25) is 0 Å². The van der Waals surface area contributed by atoms with Crippen LogP contribution in [0.3, 0.4) is 0 Å². The van der Waals surface area contributed by atoms with Gasteiger partial charge in [-0.05, 0) is 49.9 Å². The minimum atomic E-state index is -0.481. The van der Waals surface area contributed by atoms with E-state index >= 15 is 0 Å². The van der Waals surface area contributed by atoms with Gasteiger partial charge < -0.3 is 10.2 Å². The Morgan fingerprint density at radius 1 is 1.52 bits per heavy atom. The first-order valence-corrected chi connectivity index (χ1v) is 10.6. The van der Waals surface area contributed by atoms with E-state index in [0.717, 1.165) is 24.1 Å². The van der Waals surface area contributed by atoms with Crippen molar-refractivity contribution in [1.82, 2.24) is 25.0 Å². The number of likely N-dealkylation sites (tertiary alicyclic amines) is 1. The molecule has 1 fully saturated rings. The second kappa shape index (κ2) is 8.79. The molecular weight excluding hydrogens is 382 g/mol. The summed E-state index contributed by atoms with van der Waals surface area (Å²) in [5.74, 6) is 0.542. The lowest BCUT2D eigenvalue weighted by Crippen LogP contribution is -2.47. The van der Waals surface area contributed by atoms with E-state index in [1.165, 1.54) is 0 Å². The first kappa shape index (κ1) is 19.8. The Hall–Kier alpha value is -2.00. The first-order chi connectivity index (χ1) is 13.0. The molecule has 2 atom stereocenters. The summed E-state index contributed by atoms with van der Waals surface area (Å²) in [6.45, 7) is 5.66. The van der Waals surface area contributed by atoms with Crippen molar-refractivity contribution in [3.05, 3.63) is 22.3 Å². The fourth-order valence-corrected chi connectivity index (χ4v) is 4.40. The van der Waals surface area contributed by atoms with Crippen LogP contribution >= 0.6 is 23.6 Å². The van der Waals surface area contributed by atoms with Crippen molar-refractivity contribution in [1.29, 1.82) is 0 Å². The summed E-state index contributed by atoms with van der Waals surface area (Å²) in [6, 6.07) is 3.42. The van der Waals surface area contributed by atoms with Crippen LogP contribution in [0.15, 0.2) is 17.5 Å². The molecule has 0 aromatic carbocycles. The van der Waals surface area contributed by atoms with Crippen molar-refractivity contribution in [3.8, 4) is 10.7 Å². The highest BCUT2D eigenvalue weighted by Gasteiger charge is 2.32. The van der Waals surface area contributed by atoms with Crippen LogP contribution in [0.4, 0.5) is 0 Å². The number of aromatic nitrogens is 3. The number of carbonyl (C=O) groups excluding carboxylic acids is 2. The van der Waals surface area contributed by atoms with Gasteiger partial charge in [-0.25, -0.2) is 0 Å². The van der Waals surface area contributed by atoms with Crippen molar-refractivity contribution in [3.63, 3.8) is 0 Å². The fraction of sp³-hybridized carbons (Fsp3) is 0.556. The molecule has 146 valence electrons. The van der Waals surface area contributed by atoms with E-state index in [-0.39, 0.29) is 17.7 Å². The van der Waals surface area contributed by atoms with E-state index in [1.807, 2.05) is 31.4 Å². The average molecular weight is 408 g/mol. The number of amides is 2. The molecular formula is C18H25N5O2S2. The predicted molar refractivity (Wildman–Crippen MR) is 108 cm³/mol. The molecule has 2 amide bonds. The maximum Gasteiger partial charge on any atom is 0.245 e. The Balaban J connectivity index is 1.75. The Morgan fingerprint density at radius 3 is 3.04 bits per heavy atom. The van der Waals surface area contributed by atoms with Gasteiger partial charge in [-0.3, -0.25) is 19.3 Å². The largest absolute Gasteiger partial charge is 0.356 e. The van der Waals surface area contributed by atoms with Gasteiger partial charge in [0.25, 0.3) is 0 Å². The lowest BCUT2D eigenvalue weighted by atomic mass is 9.96. The molecule has 27 heavy (non-hydrogen) atoms. The molecule has 3 heterocycles. The summed E-state index contributed by atoms with van der Waals surface area (Å²) >= 11 is 6.92. The molecule has 0 radical (unpaired) electrons. The molecule has 1 saturated heterocycles. The molecule has 9 heteroatoms. The number of nitrogens with zero attached hydrogens (tertiary/aromatic N) is 3. The minimum Gasteiger partial charge on any atom is -0.356 e. The molecule has 1 aliphatic heterocycles. The monoisotopic (exact) mass is 407 g/mol. The minimum absolute atomic E-state index is 0.0294. The normalized spacial score (nSPS) is 18.3. The topological polar surface area (TPSA) is 83.0 Å². The van der Waals surface area contributed by atoms with E-state index in [2.05, 4.69) is 15.5 Å². The van der Waals surface area contributed by atoms with Gasteiger partial charge in [0.2, 0.25) is 11.8 Å². The van der Waals surface area contributed by atoms with Gasteiger partial charge in [0.1, 0.15) is 6.04 Å². The number of hydrogen-bond donors (Lipinski definition) is 2. The molecule has 3 rings (SSSR count). The predicted octanol–water partition coefficient (Wildman–Crippen LogP) is 2.99.